The first-order valence-electron chi connectivity index (χ1n) is 20.8. The fourth-order valence-electron chi connectivity index (χ4n) is 9.30. The average Bonchev–Trinajstić information content (AvgIpc) is 3.88. The maximum Gasteiger partial charge on any atom is 0.0541 e. The minimum Gasteiger partial charge on any atom is -0.310 e. The third kappa shape index (κ3) is 6.01. The van der Waals surface area contributed by atoms with Gasteiger partial charge in [-0.15, -0.1) is 11.3 Å². The SMILES string of the molecule is c1cc(-c2ccc(N(c3cccc(-n4c5ccccc5c5ccccc54)c3)c3ccccc3-c3cccc4c3sc3ccccc34)cc2)cc(-c2ccc3ccccc3c2)c1. The number of aromatic nitrogens is 1. The van der Waals surface area contributed by atoms with Crippen molar-refractivity contribution in [1.29, 1.82) is 0 Å². The molecule has 0 amide bonds. The highest BCUT2D eigenvalue weighted by Gasteiger charge is 2.21. The van der Waals surface area contributed by atoms with Crippen molar-refractivity contribution in [3.05, 3.63) is 231 Å². The monoisotopic (exact) mass is 794 g/mol. The molecule has 0 aliphatic heterocycles. The van der Waals surface area contributed by atoms with Crippen LogP contribution in [-0.4, -0.2) is 4.57 Å². The molecular weight excluding hydrogens is 757 g/mol. The number of benzene rings is 10. The lowest BCUT2D eigenvalue weighted by molar-refractivity contribution is 1.17. The highest BCUT2D eigenvalue weighted by molar-refractivity contribution is 7.26. The lowest BCUT2D eigenvalue weighted by Crippen LogP contribution is -2.11. The van der Waals surface area contributed by atoms with Crippen molar-refractivity contribution >= 4 is 81.1 Å². The Balaban J connectivity index is 1.02. The summed E-state index contributed by atoms with van der Waals surface area (Å²) in [4.78, 5) is 2.44. The van der Waals surface area contributed by atoms with E-state index in [0.717, 1.165) is 22.7 Å². The number of fused-ring (bicyclic) bond motifs is 7. The van der Waals surface area contributed by atoms with Crippen LogP contribution in [0.2, 0.25) is 0 Å². The lowest BCUT2D eigenvalue weighted by atomic mass is 9.97. The van der Waals surface area contributed by atoms with E-state index in [9.17, 15) is 0 Å². The van der Waals surface area contributed by atoms with Crippen molar-refractivity contribution in [2.24, 2.45) is 0 Å². The maximum absolute atomic E-state index is 2.44. The first kappa shape index (κ1) is 35.2. The van der Waals surface area contributed by atoms with E-state index in [4.69, 9.17) is 0 Å². The quantitative estimate of drug-likeness (QED) is 0.156. The predicted molar refractivity (Wildman–Crippen MR) is 262 cm³/mol. The van der Waals surface area contributed by atoms with E-state index in [1.807, 2.05) is 11.3 Å². The topological polar surface area (TPSA) is 8.17 Å². The molecule has 12 rings (SSSR count). The van der Waals surface area contributed by atoms with Crippen LogP contribution in [0.15, 0.2) is 231 Å². The van der Waals surface area contributed by atoms with Gasteiger partial charge in [0, 0.05) is 59.1 Å². The van der Waals surface area contributed by atoms with Crippen LogP contribution >= 0.6 is 11.3 Å². The normalized spacial score (nSPS) is 11.6. The first-order valence-corrected chi connectivity index (χ1v) is 21.6. The molecular formula is C58H38N2S. The van der Waals surface area contributed by atoms with Gasteiger partial charge >= 0.3 is 0 Å². The molecule has 2 heterocycles. The van der Waals surface area contributed by atoms with E-state index >= 15 is 0 Å². The molecule has 0 radical (unpaired) electrons. The number of nitrogens with zero attached hydrogens (tertiary/aromatic N) is 2. The predicted octanol–water partition coefficient (Wildman–Crippen LogP) is 16.8. The zero-order chi connectivity index (χ0) is 40.3. The summed E-state index contributed by atoms with van der Waals surface area (Å²) in [6.45, 7) is 0. The Morgan fingerprint density at radius 3 is 1.75 bits per heavy atom. The second-order valence-electron chi connectivity index (χ2n) is 15.7. The van der Waals surface area contributed by atoms with E-state index in [1.54, 1.807) is 0 Å². The van der Waals surface area contributed by atoms with Gasteiger partial charge in [-0.1, -0.05) is 164 Å². The molecule has 286 valence electrons. The Bertz CT molecular complexity index is 3560. The van der Waals surface area contributed by atoms with Crippen LogP contribution in [0.5, 0.6) is 0 Å². The Labute approximate surface area is 358 Å². The maximum atomic E-state index is 2.44. The Morgan fingerprint density at radius 1 is 0.344 bits per heavy atom. The van der Waals surface area contributed by atoms with Crippen LogP contribution in [0, 0.1) is 0 Å². The third-order valence-electron chi connectivity index (χ3n) is 12.2. The molecule has 2 aromatic heterocycles. The van der Waals surface area contributed by atoms with Gasteiger partial charge in [0.15, 0.2) is 0 Å². The first-order chi connectivity index (χ1) is 30.2. The molecule has 0 saturated heterocycles. The van der Waals surface area contributed by atoms with E-state index < -0.39 is 0 Å². The van der Waals surface area contributed by atoms with Gasteiger partial charge in [-0.05, 0) is 99.8 Å². The summed E-state index contributed by atoms with van der Waals surface area (Å²) in [6, 6.07) is 84.2. The van der Waals surface area contributed by atoms with Gasteiger partial charge in [-0.25, -0.2) is 0 Å². The average molecular weight is 795 g/mol. The summed E-state index contributed by atoms with van der Waals surface area (Å²) in [5, 5.41) is 7.61. The smallest absolute Gasteiger partial charge is 0.0541 e. The van der Waals surface area contributed by atoms with Crippen LogP contribution in [0.25, 0.3) is 91.8 Å². The summed E-state index contributed by atoms with van der Waals surface area (Å²) in [7, 11) is 0. The van der Waals surface area contributed by atoms with Crippen molar-refractivity contribution in [3.8, 4) is 39.1 Å². The molecule has 12 aromatic rings. The Hall–Kier alpha value is -7.72. The highest BCUT2D eigenvalue weighted by atomic mass is 32.1. The fraction of sp³-hybridized carbons (Fsp3) is 0. The van der Waals surface area contributed by atoms with Crippen molar-refractivity contribution in [3.63, 3.8) is 0 Å². The molecule has 3 heteroatoms. The fourth-order valence-corrected chi connectivity index (χ4v) is 10.5. The largest absolute Gasteiger partial charge is 0.310 e. The van der Waals surface area contributed by atoms with Crippen LogP contribution in [0.4, 0.5) is 17.1 Å². The number of hydrogen-bond donors (Lipinski definition) is 0. The molecule has 0 aliphatic carbocycles. The molecule has 0 unspecified atom stereocenters. The van der Waals surface area contributed by atoms with Gasteiger partial charge in [0.1, 0.15) is 0 Å². The summed E-state index contributed by atoms with van der Waals surface area (Å²) in [5.74, 6) is 0. The van der Waals surface area contributed by atoms with Crippen molar-refractivity contribution in [1.82, 2.24) is 4.57 Å². The molecule has 2 nitrogen and oxygen atoms in total. The zero-order valence-electron chi connectivity index (χ0n) is 33.2. The third-order valence-corrected chi connectivity index (χ3v) is 13.4. The van der Waals surface area contributed by atoms with Crippen molar-refractivity contribution < 1.29 is 0 Å². The molecule has 0 aliphatic rings. The molecule has 0 atom stereocenters. The van der Waals surface area contributed by atoms with Gasteiger partial charge in [-0.2, -0.15) is 0 Å². The summed E-state index contributed by atoms with van der Waals surface area (Å²) < 4.78 is 5.01. The molecule has 0 N–H and O–H groups in total. The van der Waals surface area contributed by atoms with Gasteiger partial charge < -0.3 is 9.47 Å². The minimum atomic E-state index is 1.08. The molecule has 10 aromatic carbocycles. The molecule has 61 heavy (non-hydrogen) atoms. The molecule has 0 fully saturated rings. The summed E-state index contributed by atoms with van der Waals surface area (Å²) in [5.41, 5.74) is 14.0. The Morgan fingerprint density at radius 2 is 0.934 bits per heavy atom. The minimum absolute atomic E-state index is 1.08. The van der Waals surface area contributed by atoms with Crippen LogP contribution in [-0.2, 0) is 0 Å². The van der Waals surface area contributed by atoms with E-state index in [1.165, 1.54) is 86.1 Å². The van der Waals surface area contributed by atoms with E-state index in [0.29, 0.717) is 0 Å². The Kier molecular flexibility index (Phi) is 8.39. The van der Waals surface area contributed by atoms with Crippen LogP contribution < -0.4 is 4.90 Å². The van der Waals surface area contributed by atoms with E-state index in [2.05, 4.69) is 240 Å². The van der Waals surface area contributed by atoms with Gasteiger partial charge in [0.25, 0.3) is 0 Å². The van der Waals surface area contributed by atoms with Crippen LogP contribution in [0.1, 0.15) is 0 Å². The van der Waals surface area contributed by atoms with Crippen molar-refractivity contribution in [2.75, 3.05) is 4.90 Å². The number of rotatable bonds is 7. The van der Waals surface area contributed by atoms with Gasteiger partial charge in [-0.3, -0.25) is 0 Å². The van der Waals surface area contributed by atoms with Crippen LogP contribution in [0.3, 0.4) is 0 Å². The number of anilines is 3. The summed E-state index contributed by atoms with van der Waals surface area (Å²) in [6.07, 6.45) is 0. The van der Waals surface area contributed by atoms with E-state index in [-0.39, 0.29) is 0 Å². The number of hydrogen-bond acceptors (Lipinski definition) is 2. The van der Waals surface area contributed by atoms with Gasteiger partial charge in [0.2, 0.25) is 0 Å². The van der Waals surface area contributed by atoms with Gasteiger partial charge in [0.05, 0.1) is 16.7 Å². The van der Waals surface area contributed by atoms with Crippen molar-refractivity contribution in [2.45, 2.75) is 0 Å². The standard InChI is InChI=1S/C58H38N2S/c1-2-15-41-37-44(31-30-39(41)14-1)43-17-11-16-42(36-43)40-32-34-45(35-33-40)59(46-18-12-19-47(38-46)60-55-27-8-3-20-48(55)49-21-4-9-28-56(49)60)54-26-7-5-22-50(54)52-24-13-25-53-51-23-6-10-29-57(51)61-58(52)53/h1-38H. The second-order valence-corrected chi connectivity index (χ2v) is 16.8. The lowest BCUT2D eigenvalue weighted by Gasteiger charge is -2.28. The number of thiophene rings is 1. The zero-order valence-corrected chi connectivity index (χ0v) is 34.1. The summed E-state index contributed by atoms with van der Waals surface area (Å²) >= 11 is 1.88. The molecule has 0 bridgehead atoms. The molecule has 0 saturated carbocycles. The molecule has 0 spiro atoms. The highest BCUT2D eigenvalue weighted by Crippen LogP contribution is 2.46. The second kappa shape index (κ2) is 14.5. The number of para-hydroxylation sites is 3.